The lowest BCUT2D eigenvalue weighted by atomic mass is 9.70. The second-order valence-electron chi connectivity index (χ2n) is 17.8. The predicted octanol–water partition coefficient (Wildman–Crippen LogP) is 16.2. The lowest BCUT2D eigenvalue weighted by Crippen LogP contribution is -2.26. The fourth-order valence-electron chi connectivity index (χ4n) is 12.8. The van der Waals surface area contributed by atoms with Crippen LogP contribution in [0.3, 0.4) is 0 Å². The Labute approximate surface area is 375 Å². The van der Waals surface area contributed by atoms with E-state index in [0.29, 0.717) is 0 Å². The molecule has 64 heavy (non-hydrogen) atoms. The Bertz CT molecular complexity index is 3720. The number of nitrogens with zero attached hydrogens (tertiary/aromatic N) is 1. The van der Waals surface area contributed by atoms with Gasteiger partial charge in [0.1, 0.15) is 0 Å². The maximum absolute atomic E-state index is 2.57. The normalized spacial score (nSPS) is 14.5. The van der Waals surface area contributed by atoms with E-state index in [4.69, 9.17) is 0 Å². The lowest BCUT2D eigenvalue weighted by molar-refractivity contribution is 0.793. The van der Waals surface area contributed by atoms with Crippen LogP contribution in [0.15, 0.2) is 224 Å². The molecule has 0 fully saturated rings. The van der Waals surface area contributed by atoms with Gasteiger partial charge < -0.3 is 4.90 Å². The van der Waals surface area contributed by atoms with Crippen LogP contribution < -0.4 is 4.90 Å². The summed E-state index contributed by atoms with van der Waals surface area (Å²) < 4.78 is 2.59. The highest BCUT2D eigenvalue weighted by Crippen LogP contribution is 2.65. The van der Waals surface area contributed by atoms with E-state index >= 15 is 0 Å². The number of rotatable bonds is 3. The molecule has 0 unspecified atom stereocenters. The first-order valence-electron chi connectivity index (χ1n) is 22.3. The average Bonchev–Trinajstić information content (AvgIpc) is 4.13. The molecule has 2 spiro atoms. The van der Waals surface area contributed by atoms with Gasteiger partial charge in [-0.15, -0.1) is 11.3 Å². The fraction of sp³-hybridized carbons (Fsp3) is 0.0323. The largest absolute Gasteiger partial charge is 0.310 e. The van der Waals surface area contributed by atoms with Gasteiger partial charge in [-0.05, 0) is 131 Å². The van der Waals surface area contributed by atoms with Gasteiger partial charge in [0.15, 0.2) is 0 Å². The molecule has 11 aromatic rings. The molecule has 1 aromatic heterocycles. The Morgan fingerprint density at radius 3 is 1.22 bits per heavy atom. The molecular formula is C62H37NS. The van der Waals surface area contributed by atoms with Crippen molar-refractivity contribution in [2.45, 2.75) is 10.8 Å². The second kappa shape index (κ2) is 12.4. The lowest BCUT2D eigenvalue weighted by Gasteiger charge is -2.33. The van der Waals surface area contributed by atoms with Crippen molar-refractivity contribution in [3.05, 3.63) is 269 Å². The van der Waals surface area contributed by atoms with E-state index in [9.17, 15) is 0 Å². The topological polar surface area (TPSA) is 3.24 Å². The fourth-order valence-corrected chi connectivity index (χ4v) is 13.9. The molecule has 0 bridgehead atoms. The maximum Gasteiger partial charge on any atom is 0.0726 e. The van der Waals surface area contributed by atoms with Crippen LogP contribution in [0.5, 0.6) is 0 Å². The highest BCUT2D eigenvalue weighted by atomic mass is 32.1. The Morgan fingerprint density at radius 2 is 0.672 bits per heavy atom. The third kappa shape index (κ3) is 4.11. The first kappa shape index (κ1) is 34.8. The van der Waals surface area contributed by atoms with Gasteiger partial charge >= 0.3 is 0 Å². The van der Waals surface area contributed by atoms with E-state index in [2.05, 4.69) is 229 Å². The summed E-state index contributed by atoms with van der Waals surface area (Å²) >= 11 is 1.88. The van der Waals surface area contributed by atoms with E-state index in [1.54, 1.807) is 0 Å². The summed E-state index contributed by atoms with van der Waals surface area (Å²) in [5.41, 5.74) is 23.9. The first-order chi connectivity index (χ1) is 31.8. The first-order valence-corrected chi connectivity index (χ1v) is 23.2. The van der Waals surface area contributed by atoms with Crippen molar-refractivity contribution in [3.8, 4) is 44.5 Å². The van der Waals surface area contributed by atoms with Crippen LogP contribution in [0, 0.1) is 0 Å². The number of hydrogen-bond acceptors (Lipinski definition) is 2. The summed E-state index contributed by atoms with van der Waals surface area (Å²) in [5.74, 6) is 0. The van der Waals surface area contributed by atoms with E-state index in [-0.39, 0.29) is 0 Å². The molecule has 4 aliphatic carbocycles. The van der Waals surface area contributed by atoms with E-state index < -0.39 is 10.8 Å². The van der Waals surface area contributed by atoms with Gasteiger partial charge in [0.2, 0.25) is 0 Å². The minimum absolute atomic E-state index is 0.402. The maximum atomic E-state index is 2.57. The Morgan fingerprint density at radius 1 is 0.281 bits per heavy atom. The molecule has 15 rings (SSSR count). The molecular weight excluding hydrogens is 791 g/mol. The van der Waals surface area contributed by atoms with Gasteiger partial charge in [0, 0.05) is 31.5 Å². The summed E-state index contributed by atoms with van der Waals surface area (Å²) in [7, 11) is 0. The Hall–Kier alpha value is -7.78. The van der Waals surface area contributed by atoms with Gasteiger partial charge in [-0.3, -0.25) is 0 Å². The van der Waals surface area contributed by atoms with Crippen molar-refractivity contribution in [2.24, 2.45) is 0 Å². The van der Waals surface area contributed by atoms with Crippen LogP contribution in [0.2, 0.25) is 0 Å². The molecule has 0 saturated carbocycles. The highest BCUT2D eigenvalue weighted by molar-refractivity contribution is 7.26. The third-order valence-electron chi connectivity index (χ3n) is 15.1. The second-order valence-corrected chi connectivity index (χ2v) is 18.9. The number of hydrogen-bond donors (Lipinski definition) is 0. The molecule has 1 heterocycles. The quantitative estimate of drug-likeness (QED) is 0.171. The molecule has 0 aliphatic heterocycles. The molecule has 0 amide bonds. The summed E-state index contributed by atoms with van der Waals surface area (Å²) in [6.07, 6.45) is 0. The standard InChI is InChI=1S/C62H37NS/c1-8-23-49-40(16-1)41-17-2-9-24-50(41)61(49)54-28-13-6-21-45(54)48-36-38(33-35-55(48)61)63(57-29-15-31-59-60(57)47-22-7-14-30-58(47)64-59)39-32-34-46-44-20-5-12-27-53(44)62(56(46)37-39)51-25-10-3-18-42(51)43-19-4-11-26-52(43)62/h1-37H. The zero-order chi connectivity index (χ0) is 41.7. The summed E-state index contributed by atoms with van der Waals surface area (Å²) in [6.45, 7) is 0. The number of anilines is 3. The van der Waals surface area contributed by atoms with Crippen molar-refractivity contribution in [1.29, 1.82) is 0 Å². The smallest absolute Gasteiger partial charge is 0.0726 e. The predicted molar refractivity (Wildman–Crippen MR) is 267 cm³/mol. The third-order valence-corrected chi connectivity index (χ3v) is 16.2. The summed E-state index contributed by atoms with van der Waals surface area (Å²) in [5, 5.41) is 2.57. The minimum Gasteiger partial charge on any atom is -0.310 e. The zero-order valence-electron chi connectivity index (χ0n) is 34.7. The molecule has 2 heteroatoms. The number of benzene rings is 10. The summed E-state index contributed by atoms with van der Waals surface area (Å²) in [6, 6.07) is 85.1. The van der Waals surface area contributed by atoms with Gasteiger partial charge in [0.25, 0.3) is 0 Å². The minimum atomic E-state index is -0.450. The van der Waals surface area contributed by atoms with Crippen molar-refractivity contribution in [3.63, 3.8) is 0 Å². The number of thiophene rings is 1. The molecule has 10 aromatic carbocycles. The van der Waals surface area contributed by atoms with Crippen molar-refractivity contribution < 1.29 is 0 Å². The van der Waals surface area contributed by atoms with Gasteiger partial charge in [-0.1, -0.05) is 182 Å². The van der Waals surface area contributed by atoms with Crippen LogP contribution in [-0.2, 0) is 10.8 Å². The van der Waals surface area contributed by atoms with E-state index in [1.165, 1.54) is 115 Å². The average molecular weight is 828 g/mol. The van der Waals surface area contributed by atoms with Crippen LogP contribution >= 0.6 is 11.3 Å². The Balaban J connectivity index is 1.03. The molecule has 0 saturated heterocycles. The van der Waals surface area contributed by atoms with E-state index in [0.717, 1.165) is 11.4 Å². The van der Waals surface area contributed by atoms with Crippen LogP contribution in [0.1, 0.15) is 44.5 Å². The molecule has 1 nitrogen and oxygen atoms in total. The molecule has 0 atom stereocenters. The van der Waals surface area contributed by atoms with Crippen LogP contribution in [0.4, 0.5) is 17.1 Å². The Kier molecular flexibility index (Phi) is 6.76. The van der Waals surface area contributed by atoms with Crippen molar-refractivity contribution in [2.75, 3.05) is 4.90 Å². The zero-order valence-corrected chi connectivity index (χ0v) is 35.5. The SMILES string of the molecule is c1ccc2c(c1)-c1ccccc1C21c2ccccc2-c2cc(N(c3ccc4c(c3)C3(c5ccccc5-c5ccccc53)c3ccccc3-4)c3cccc4sc5ccccc5c34)ccc21. The number of fused-ring (bicyclic) bond motifs is 23. The molecule has 4 aliphatic rings. The van der Waals surface area contributed by atoms with Crippen molar-refractivity contribution in [1.82, 2.24) is 0 Å². The monoisotopic (exact) mass is 827 g/mol. The van der Waals surface area contributed by atoms with Gasteiger partial charge in [-0.2, -0.15) is 0 Å². The van der Waals surface area contributed by atoms with Crippen LogP contribution in [-0.4, -0.2) is 0 Å². The van der Waals surface area contributed by atoms with Crippen molar-refractivity contribution >= 4 is 48.6 Å². The highest BCUT2D eigenvalue weighted by Gasteiger charge is 2.53. The van der Waals surface area contributed by atoms with E-state index in [1.807, 2.05) is 11.3 Å². The van der Waals surface area contributed by atoms with Gasteiger partial charge in [-0.25, -0.2) is 0 Å². The summed E-state index contributed by atoms with van der Waals surface area (Å²) in [4.78, 5) is 2.57. The molecule has 296 valence electrons. The van der Waals surface area contributed by atoms with Gasteiger partial charge in [0.05, 0.1) is 16.5 Å². The van der Waals surface area contributed by atoms with Crippen LogP contribution in [0.25, 0.3) is 64.7 Å². The molecule has 0 radical (unpaired) electrons. The molecule has 0 N–H and O–H groups in total.